The highest BCUT2D eigenvalue weighted by Gasteiger charge is 2.44. The van der Waals surface area contributed by atoms with Crippen LogP contribution >= 0.6 is 0 Å². The lowest BCUT2D eigenvalue weighted by Gasteiger charge is -2.16. The van der Waals surface area contributed by atoms with Crippen molar-refractivity contribution in [3.63, 3.8) is 0 Å². The molecule has 90 valence electrons. The van der Waals surface area contributed by atoms with Crippen LogP contribution in [0.25, 0.3) is 10.9 Å². The number of benzene rings is 1. The molecule has 0 radical (unpaired) electrons. The summed E-state index contributed by atoms with van der Waals surface area (Å²) in [6.45, 7) is 2.16. The Hall–Kier alpha value is -1.35. The van der Waals surface area contributed by atoms with Crippen LogP contribution in [0.1, 0.15) is 25.5 Å². The second kappa shape index (κ2) is 3.57. The van der Waals surface area contributed by atoms with Crippen LogP contribution in [-0.2, 0) is 13.5 Å². The Morgan fingerprint density at radius 2 is 2.12 bits per heavy atom. The predicted molar refractivity (Wildman–Crippen MR) is 67.8 cm³/mol. The van der Waals surface area contributed by atoms with E-state index in [-0.39, 0.29) is 11.5 Å². The van der Waals surface area contributed by atoms with Gasteiger partial charge in [0.15, 0.2) is 0 Å². The Morgan fingerprint density at radius 1 is 1.41 bits per heavy atom. The van der Waals surface area contributed by atoms with E-state index in [4.69, 9.17) is 0 Å². The summed E-state index contributed by atoms with van der Waals surface area (Å²) >= 11 is 0. The summed E-state index contributed by atoms with van der Waals surface area (Å²) in [4.78, 5) is 0. The zero-order valence-electron chi connectivity index (χ0n) is 10.3. The smallest absolute Gasteiger partial charge is 0.0729 e. The molecule has 1 unspecified atom stereocenters. The Labute approximate surface area is 101 Å². The summed E-state index contributed by atoms with van der Waals surface area (Å²) in [5, 5.41) is 15.9. The fourth-order valence-corrected chi connectivity index (χ4v) is 2.40. The van der Waals surface area contributed by atoms with Gasteiger partial charge in [-0.2, -0.15) is 5.10 Å². The number of aliphatic hydroxyl groups excluding tert-OH is 1. The molecule has 1 aliphatic carbocycles. The van der Waals surface area contributed by atoms with Crippen molar-refractivity contribution in [3.05, 3.63) is 30.0 Å². The standard InChI is InChI=1S/C14H18N2O/c1-14(7-8-14)13(17)9-11-10-5-3-4-6-12(10)16(2)15-11/h3-6,13,17H,7-9H2,1-2H3. The van der Waals surface area contributed by atoms with Gasteiger partial charge >= 0.3 is 0 Å². The minimum absolute atomic E-state index is 0.138. The van der Waals surface area contributed by atoms with Gasteiger partial charge in [-0.25, -0.2) is 0 Å². The molecule has 2 aromatic rings. The summed E-state index contributed by atoms with van der Waals surface area (Å²) < 4.78 is 1.90. The van der Waals surface area contributed by atoms with Crippen molar-refractivity contribution in [1.82, 2.24) is 9.78 Å². The number of hydrogen-bond acceptors (Lipinski definition) is 2. The van der Waals surface area contributed by atoms with Crippen LogP contribution in [0.4, 0.5) is 0 Å². The van der Waals surface area contributed by atoms with Crippen molar-refractivity contribution in [2.24, 2.45) is 12.5 Å². The zero-order chi connectivity index (χ0) is 12.0. The molecule has 1 aromatic heterocycles. The van der Waals surface area contributed by atoms with Gasteiger partial charge in [0.05, 0.1) is 17.3 Å². The first-order valence-corrected chi connectivity index (χ1v) is 6.19. The Morgan fingerprint density at radius 3 is 2.82 bits per heavy atom. The van der Waals surface area contributed by atoms with Crippen LogP contribution < -0.4 is 0 Å². The number of rotatable bonds is 3. The van der Waals surface area contributed by atoms with E-state index in [1.807, 2.05) is 23.9 Å². The molecule has 1 aromatic carbocycles. The molecule has 0 saturated heterocycles. The van der Waals surface area contributed by atoms with E-state index in [1.54, 1.807) is 0 Å². The van der Waals surface area contributed by atoms with Crippen molar-refractivity contribution >= 4 is 10.9 Å². The third kappa shape index (κ3) is 1.75. The number of nitrogens with zero attached hydrogens (tertiary/aromatic N) is 2. The van der Waals surface area contributed by atoms with Crippen LogP contribution in [0, 0.1) is 5.41 Å². The topological polar surface area (TPSA) is 38.0 Å². The van der Waals surface area contributed by atoms with E-state index < -0.39 is 0 Å². The first-order chi connectivity index (χ1) is 8.10. The van der Waals surface area contributed by atoms with Gasteiger partial charge in [0.25, 0.3) is 0 Å². The largest absolute Gasteiger partial charge is 0.392 e. The number of fused-ring (bicyclic) bond motifs is 1. The van der Waals surface area contributed by atoms with Crippen molar-refractivity contribution in [2.75, 3.05) is 0 Å². The van der Waals surface area contributed by atoms with Gasteiger partial charge in [0, 0.05) is 18.9 Å². The fourth-order valence-electron chi connectivity index (χ4n) is 2.40. The van der Waals surface area contributed by atoms with E-state index in [9.17, 15) is 5.11 Å². The summed E-state index contributed by atoms with van der Waals surface area (Å²) in [5.74, 6) is 0. The Balaban J connectivity index is 1.95. The molecule has 3 heteroatoms. The van der Waals surface area contributed by atoms with Gasteiger partial charge < -0.3 is 5.11 Å². The van der Waals surface area contributed by atoms with Crippen LogP contribution in [0.2, 0.25) is 0 Å². The lowest BCUT2D eigenvalue weighted by Crippen LogP contribution is -2.21. The summed E-state index contributed by atoms with van der Waals surface area (Å²) in [6, 6.07) is 8.20. The highest BCUT2D eigenvalue weighted by Crippen LogP contribution is 2.49. The van der Waals surface area contributed by atoms with Crippen molar-refractivity contribution in [1.29, 1.82) is 0 Å². The molecular weight excluding hydrogens is 212 g/mol. The van der Waals surface area contributed by atoms with Crippen LogP contribution in [0.15, 0.2) is 24.3 Å². The maximum absolute atomic E-state index is 10.2. The van der Waals surface area contributed by atoms with E-state index in [0.717, 1.165) is 24.1 Å². The quantitative estimate of drug-likeness (QED) is 0.878. The summed E-state index contributed by atoms with van der Waals surface area (Å²) in [7, 11) is 1.96. The molecule has 1 fully saturated rings. The first-order valence-electron chi connectivity index (χ1n) is 6.19. The predicted octanol–water partition coefficient (Wildman–Crippen LogP) is 2.28. The monoisotopic (exact) mass is 230 g/mol. The van der Waals surface area contributed by atoms with Crippen LogP contribution in [0.5, 0.6) is 0 Å². The molecule has 3 rings (SSSR count). The van der Waals surface area contributed by atoms with Gasteiger partial charge in [-0.15, -0.1) is 0 Å². The molecule has 3 nitrogen and oxygen atoms in total. The second-order valence-corrected chi connectivity index (χ2v) is 5.46. The number of hydrogen-bond donors (Lipinski definition) is 1. The number of aryl methyl sites for hydroxylation is 1. The number of para-hydroxylation sites is 1. The van der Waals surface area contributed by atoms with Gasteiger partial charge in [-0.3, -0.25) is 4.68 Å². The zero-order valence-corrected chi connectivity index (χ0v) is 10.3. The van der Waals surface area contributed by atoms with Crippen LogP contribution in [-0.4, -0.2) is 21.0 Å². The Kier molecular flexibility index (Phi) is 2.26. The maximum Gasteiger partial charge on any atom is 0.0729 e. The lowest BCUT2D eigenvalue weighted by molar-refractivity contribution is 0.102. The van der Waals surface area contributed by atoms with E-state index >= 15 is 0 Å². The molecule has 1 N–H and O–H groups in total. The first kappa shape index (κ1) is 10.8. The number of aromatic nitrogens is 2. The molecule has 0 spiro atoms. The third-order valence-corrected chi connectivity index (χ3v) is 4.06. The SMILES string of the molecule is Cn1nc(CC(O)C2(C)CC2)c2ccccc21. The maximum atomic E-state index is 10.2. The molecule has 17 heavy (non-hydrogen) atoms. The van der Waals surface area contributed by atoms with Gasteiger partial charge in [0.2, 0.25) is 0 Å². The van der Waals surface area contributed by atoms with E-state index in [2.05, 4.69) is 24.2 Å². The molecule has 1 saturated carbocycles. The molecule has 0 amide bonds. The average Bonchev–Trinajstić information content (AvgIpc) is 3.00. The summed E-state index contributed by atoms with van der Waals surface area (Å²) in [6.07, 6.45) is 2.68. The van der Waals surface area contributed by atoms with Crippen molar-refractivity contribution in [2.45, 2.75) is 32.3 Å². The highest BCUT2D eigenvalue weighted by molar-refractivity contribution is 5.81. The molecule has 1 heterocycles. The van der Waals surface area contributed by atoms with Crippen LogP contribution in [0.3, 0.4) is 0 Å². The van der Waals surface area contributed by atoms with E-state index in [1.165, 1.54) is 5.39 Å². The van der Waals surface area contributed by atoms with Gasteiger partial charge in [-0.1, -0.05) is 25.1 Å². The third-order valence-electron chi connectivity index (χ3n) is 4.06. The van der Waals surface area contributed by atoms with E-state index in [0.29, 0.717) is 6.42 Å². The van der Waals surface area contributed by atoms with Crippen molar-refractivity contribution in [3.8, 4) is 0 Å². The molecular formula is C14H18N2O. The normalized spacial score (nSPS) is 19.5. The van der Waals surface area contributed by atoms with Crippen molar-refractivity contribution < 1.29 is 5.11 Å². The fraction of sp³-hybridized carbons (Fsp3) is 0.500. The average molecular weight is 230 g/mol. The summed E-state index contributed by atoms with van der Waals surface area (Å²) in [5.41, 5.74) is 2.29. The Bertz CT molecular complexity index is 554. The van der Waals surface area contributed by atoms with Gasteiger partial charge in [-0.05, 0) is 24.3 Å². The molecule has 1 aliphatic rings. The lowest BCUT2D eigenvalue weighted by atomic mass is 9.96. The molecule has 0 bridgehead atoms. The molecule has 0 aliphatic heterocycles. The highest BCUT2D eigenvalue weighted by atomic mass is 16.3. The molecule has 1 atom stereocenters. The minimum Gasteiger partial charge on any atom is -0.392 e. The number of aliphatic hydroxyl groups is 1. The van der Waals surface area contributed by atoms with Gasteiger partial charge in [0.1, 0.15) is 0 Å². The second-order valence-electron chi connectivity index (χ2n) is 5.46. The minimum atomic E-state index is -0.263.